The van der Waals surface area contributed by atoms with Crippen LogP contribution in [0.4, 0.5) is 5.82 Å². The Bertz CT molecular complexity index is 487. The van der Waals surface area contributed by atoms with Crippen LogP contribution in [0.15, 0.2) is 0 Å². The Kier molecular flexibility index (Phi) is 5.17. The Hall–Kier alpha value is -1.20. The van der Waals surface area contributed by atoms with Gasteiger partial charge in [0.1, 0.15) is 0 Å². The van der Waals surface area contributed by atoms with Crippen molar-refractivity contribution in [2.45, 2.75) is 65.0 Å². The third-order valence-corrected chi connectivity index (χ3v) is 4.50. The molecule has 2 rings (SSSR count). The number of aliphatic hydroxyl groups is 1. The maximum absolute atomic E-state index is 10.2. The lowest BCUT2D eigenvalue weighted by Crippen LogP contribution is -2.30. The van der Waals surface area contributed by atoms with E-state index < -0.39 is 5.60 Å². The molecule has 1 saturated heterocycles. The zero-order valence-corrected chi connectivity index (χ0v) is 13.5. The van der Waals surface area contributed by atoms with E-state index in [0.29, 0.717) is 6.54 Å². The summed E-state index contributed by atoms with van der Waals surface area (Å²) in [4.78, 5) is 2.25. The predicted octanol–water partition coefficient (Wildman–Crippen LogP) is 1.80. The van der Waals surface area contributed by atoms with Gasteiger partial charge in [0.25, 0.3) is 0 Å². The summed E-state index contributed by atoms with van der Waals surface area (Å²) in [6, 6.07) is 0. The molecule has 1 unspecified atom stereocenters. The maximum Gasteiger partial charge on any atom is 0.156 e. The molecule has 3 N–H and O–H groups in total. The smallest absolute Gasteiger partial charge is 0.156 e. The fourth-order valence-corrected chi connectivity index (χ4v) is 3.18. The number of nitrogens with zero attached hydrogens (tertiary/aromatic N) is 3. The number of anilines is 1. The van der Waals surface area contributed by atoms with Gasteiger partial charge in [0.05, 0.1) is 11.3 Å². The summed E-state index contributed by atoms with van der Waals surface area (Å²) in [6.45, 7) is 8.38. The number of nitrogens with two attached hydrogens (primary N) is 1. The Morgan fingerprint density at radius 3 is 2.52 bits per heavy atom. The second-order valence-electron chi connectivity index (χ2n) is 6.18. The summed E-state index contributed by atoms with van der Waals surface area (Å²) in [7, 11) is 0. The zero-order chi connectivity index (χ0) is 15.5. The molecule has 0 radical (unpaired) electrons. The summed E-state index contributed by atoms with van der Waals surface area (Å²) in [5.74, 6) is 0.921. The minimum atomic E-state index is -0.567. The number of aromatic nitrogens is 2. The van der Waals surface area contributed by atoms with E-state index in [-0.39, 0.29) is 0 Å². The standard InChI is InChI=1S/C16H28N4O/c1-4-12-13(11-17)15(19-18-14(12)5-2)20-9-6-7-16(3,21)8-10-20/h21H,4-11,17H2,1-3H3. The number of hydrogen-bond donors (Lipinski definition) is 2. The molecule has 21 heavy (non-hydrogen) atoms. The molecule has 1 aromatic heterocycles. The summed E-state index contributed by atoms with van der Waals surface area (Å²) in [5, 5.41) is 19.1. The van der Waals surface area contributed by atoms with Crippen molar-refractivity contribution in [1.82, 2.24) is 10.2 Å². The van der Waals surface area contributed by atoms with Crippen molar-refractivity contribution in [3.05, 3.63) is 16.8 Å². The van der Waals surface area contributed by atoms with Crippen LogP contribution in [0.3, 0.4) is 0 Å². The van der Waals surface area contributed by atoms with E-state index in [2.05, 4.69) is 28.9 Å². The highest BCUT2D eigenvalue weighted by atomic mass is 16.3. The molecular weight excluding hydrogens is 264 g/mol. The van der Waals surface area contributed by atoms with E-state index in [1.54, 1.807) is 0 Å². The summed E-state index contributed by atoms with van der Waals surface area (Å²) in [5.41, 5.74) is 8.88. The third-order valence-electron chi connectivity index (χ3n) is 4.50. The van der Waals surface area contributed by atoms with Gasteiger partial charge in [-0.25, -0.2) is 0 Å². The molecule has 2 heterocycles. The predicted molar refractivity (Wildman–Crippen MR) is 85.4 cm³/mol. The second kappa shape index (κ2) is 6.71. The van der Waals surface area contributed by atoms with Crippen LogP contribution in [0.2, 0.25) is 0 Å². The topological polar surface area (TPSA) is 75.3 Å². The molecule has 0 saturated carbocycles. The number of hydrogen-bond acceptors (Lipinski definition) is 5. The Balaban J connectivity index is 2.35. The summed E-state index contributed by atoms with van der Waals surface area (Å²) < 4.78 is 0. The first-order chi connectivity index (χ1) is 10.0. The fourth-order valence-electron chi connectivity index (χ4n) is 3.18. The highest BCUT2D eigenvalue weighted by molar-refractivity contribution is 5.51. The van der Waals surface area contributed by atoms with Crippen molar-refractivity contribution in [1.29, 1.82) is 0 Å². The van der Waals surface area contributed by atoms with E-state index >= 15 is 0 Å². The summed E-state index contributed by atoms with van der Waals surface area (Å²) in [6.07, 6.45) is 4.38. The van der Waals surface area contributed by atoms with Crippen LogP contribution in [0, 0.1) is 0 Å². The highest BCUT2D eigenvalue weighted by Crippen LogP contribution is 2.28. The molecule has 0 spiro atoms. The van der Waals surface area contributed by atoms with Crippen LogP contribution in [0.1, 0.15) is 56.9 Å². The summed E-state index contributed by atoms with van der Waals surface area (Å²) >= 11 is 0. The van der Waals surface area contributed by atoms with E-state index in [1.807, 2.05) is 6.92 Å². The number of rotatable bonds is 4. The Morgan fingerprint density at radius 1 is 1.14 bits per heavy atom. The number of aryl methyl sites for hydroxylation is 1. The second-order valence-corrected chi connectivity index (χ2v) is 6.18. The third kappa shape index (κ3) is 3.52. The molecule has 5 heteroatoms. The minimum absolute atomic E-state index is 0.494. The molecule has 1 fully saturated rings. The molecule has 1 aliphatic heterocycles. The van der Waals surface area contributed by atoms with Crippen molar-refractivity contribution in [2.75, 3.05) is 18.0 Å². The van der Waals surface area contributed by atoms with Gasteiger partial charge < -0.3 is 15.7 Å². The van der Waals surface area contributed by atoms with Gasteiger partial charge in [-0.2, -0.15) is 5.10 Å². The van der Waals surface area contributed by atoms with Crippen molar-refractivity contribution in [3.63, 3.8) is 0 Å². The molecule has 0 bridgehead atoms. The Labute approximate surface area is 127 Å². The first-order valence-corrected chi connectivity index (χ1v) is 8.07. The van der Waals surface area contributed by atoms with Crippen molar-refractivity contribution in [2.24, 2.45) is 5.73 Å². The molecule has 0 amide bonds. The average molecular weight is 292 g/mol. The molecule has 0 aliphatic carbocycles. The normalized spacial score (nSPS) is 23.2. The molecule has 1 atom stereocenters. The largest absolute Gasteiger partial charge is 0.390 e. The molecule has 0 aromatic carbocycles. The van der Waals surface area contributed by atoms with Gasteiger partial charge in [-0.15, -0.1) is 5.10 Å². The zero-order valence-electron chi connectivity index (χ0n) is 13.5. The van der Waals surface area contributed by atoms with Gasteiger partial charge >= 0.3 is 0 Å². The lowest BCUT2D eigenvalue weighted by atomic mass is 9.98. The van der Waals surface area contributed by atoms with Gasteiger partial charge in [-0.3, -0.25) is 0 Å². The van der Waals surface area contributed by atoms with Crippen LogP contribution in [0.25, 0.3) is 0 Å². The SMILES string of the molecule is CCc1nnc(N2CCCC(C)(O)CC2)c(CN)c1CC. The van der Waals surface area contributed by atoms with Crippen LogP contribution in [-0.4, -0.2) is 34.0 Å². The van der Waals surface area contributed by atoms with Crippen molar-refractivity contribution >= 4 is 5.82 Å². The van der Waals surface area contributed by atoms with Gasteiger partial charge in [0.15, 0.2) is 5.82 Å². The van der Waals surface area contributed by atoms with Crippen LogP contribution in [-0.2, 0) is 19.4 Å². The van der Waals surface area contributed by atoms with Gasteiger partial charge in [0.2, 0.25) is 0 Å². The van der Waals surface area contributed by atoms with Gasteiger partial charge in [0, 0.05) is 25.2 Å². The highest BCUT2D eigenvalue weighted by Gasteiger charge is 2.27. The molecule has 1 aromatic rings. The Morgan fingerprint density at radius 2 is 1.90 bits per heavy atom. The first-order valence-electron chi connectivity index (χ1n) is 8.07. The van der Waals surface area contributed by atoms with Gasteiger partial charge in [-0.05, 0) is 44.6 Å². The van der Waals surface area contributed by atoms with E-state index in [0.717, 1.165) is 62.3 Å². The van der Waals surface area contributed by atoms with E-state index in [1.165, 1.54) is 5.56 Å². The van der Waals surface area contributed by atoms with Gasteiger partial charge in [-0.1, -0.05) is 13.8 Å². The van der Waals surface area contributed by atoms with E-state index in [4.69, 9.17) is 5.73 Å². The maximum atomic E-state index is 10.2. The molecule has 5 nitrogen and oxygen atoms in total. The minimum Gasteiger partial charge on any atom is -0.390 e. The molecule has 1 aliphatic rings. The van der Waals surface area contributed by atoms with Crippen LogP contribution >= 0.6 is 0 Å². The molecule has 118 valence electrons. The monoisotopic (exact) mass is 292 g/mol. The fraction of sp³-hybridized carbons (Fsp3) is 0.750. The average Bonchev–Trinajstić information content (AvgIpc) is 2.66. The van der Waals surface area contributed by atoms with Crippen molar-refractivity contribution in [3.8, 4) is 0 Å². The van der Waals surface area contributed by atoms with Crippen LogP contribution < -0.4 is 10.6 Å². The van der Waals surface area contributed by atoms with Crippen LogP contribution in [0.5, 0.6) is 0 Å². The molecular formula is C16H28N4O. The van der Waals surface area contributed by atoms with E-state index in [9.17, 15) is 5.11 Å². The lowest BCUT2D eigenvalue weighted by molar-refractivity contribution is 0.0481. The van der Waals surface area contributed by atoms with Crippen molar-refractivity contribution < 1.29 is 5.11 Å². The lowest BCUT2D eigenvalue weighted by Gasteiger charge is -2.26. The quantitative estimate of drug-likeness (QED) is 0.885. The first kappa shape index (κ1) is 16.2.